The summed E-state index contributed by atoms with van der Waals surface area (Å²) in [6.45, 7) is 16.6. The fourth-order valence-electron chi connectivity index (χ4n) is 8.75. The molecule has 186 valence electrons. The van der Waals surface area contributed by atoms with Crippen molar-refractivity contribution in [3.8, 4) is 0 Å². The second-order valence-corrected chi connectivity index (χ2v) is 17.1. The highest BCUT2D eigenvalue weighted by Gasteiger charge is 2.67. The predicted octanol–water partition coefficient (Wildman–Crippen LogP) is 6.81. The minimum atomic E-state index is -1.80. The normalized spacial score (nSPS) is 44.6. The van der Waals surface area contributed by atoms with Gasteiger partial charge in [0.1, 0.15) is 19.8 Å². The summed E-state index contributed by atoms with van der Waals surface area (Å²) >= 11 is 0. The lowest BCUT2D eigenvalue weighted by molar-refractivity contribution is -0.0946. The Bertz CT molecular complexity index is 862. The number of hydrogen-bond acceptors (Lipinski definition) is 5. The van der Waals surface area contributed by atoms with Gasteiger partial charge in [0.2, 0.25) is 0 Å². The molecule has 0 spiro atoms. The van der Waals surface area contributed by atoms with Gasteiger partial charge in [0, 0.05) is 5.41 Å². The summed E-state index contributed by atoms with van der Waals surface area (Å²) in [7, 11) is 1.53. The van der Waals surface area contributed by atoms with Gasteiger partial charge in [-0.25, -0.2) is 0 Å². The number of nitrogens with zero attached hydrogens (tertiary/aromatic N) is 2. The molecule has 0 aromatic carbocycles. The molecule has 0 amide bonds. The number of rotatable bonds is 5. The van der Waals surface area contributed by atoms with E-state index in [-0.39, 0.29) is 16.4 Å². The molecular weight excluding hydrogens is 428 g/mol. The minimum Gasteiger partial charge on any atom is -0.406 e. The summed E-state index contributed by atoms with van der Waals surface area (Å²) in [6, 6.07) is 0. The molecule has 0 aromatic rings. The number of hydrogen-bond donors (Lipinski definition) is 0. The molecule has 0 saturated heterocycles. The summed E-state index contributed by atoms with van der Waals surface area (Å²) in [5.41, 5.74) is 3.87. The highest BCUT2D eigenvalue weighted by Crippen LogP contribution is 2.69. The molecular formula is C27H46N2O3Si. The van der Waals surface area contributed by atoms with Gasteiger partial charge in [0.15, 0.2) is 8.32 Å². The van der Waals surface area contributed by atoms with Gasteiger partial charge in [-0.15, -0.1) is 0 Å². The quantitative estimate of drug-likeness (QED) is 0.250. The molecule has 3 fully saturated rings. The molecule has 5 nitrogen and oxygen atoms in total. The lowest BCUT2D eigenvalue weighted by Gasteiger charge is -2.61. The van der Waals surface area contributed by atoms with E-state index in [4.69, 9.17) is 14.1 Å². The van der Waals surface area contributed by atoms with E-state index in [1.165, 1.54) is 32.1 Å². The maximum atomic E-state index is 7.14. The van der Waals surface area contributed by atoms with E-state index in [0.717, 1.165) is 36.1 Å². The van der Waals surface area contributed by atoms with Crippen LogP contribution in [0.25, 0.3) is 0 Å². The van der Waals surface area contributed by atoms with Crippen molar-refractivity contribution >= 4 is 19.7 Å². The van der Waals surface area contributed by atoms with Crippen molar-refractivity contribution in [2.75, 3.05) is 14.2 Å². The number of oxime groups is 2. The van der Waals surface area contributed by atoms with Crippen LogP contribution >= 0.6 is 0 Å². The molecule has 0 radical (unpaired) electrons. The molecule has 3 saturated carbocycles. The van der Waals surface area contributed by atoms with Gasteiger partial charge < -0.3 is 14.1 Å². The van der Waals surface area contributed by atoms with Gasteiger partial charge in [-0.05, 0) is 107 Å². The predicted molar refractivity (Wildman–Crippen MR) is 138 cm³/mol. The third-order valence-corrected chi connectivity index (χ3v) is 10.9. The maximum absolute atomic E-state index is 7.14. The molecule has 7 atom stereocenters. The first-order valence-electron chi connectivity index (χ1n) is 13.0. The summed E-state index contributed by atoms with van der Waals surface area (Å²) in [5.74, 6) is 2.74. The third kappa shape index (κ3) is 3.83. The third-order valence-electron chi connectivity index (χ3n) is 9.92. The van der Waals surface area contributed by atoms with E-state index in [1.54, 1.807) is 19.8 Å². The zero-order valence-electron chi connectivity index (χ0n) is 22.5. The lowest BCUT2D eigenvalue weighted by atomic mass is 9.44. The Hall–Kier alpha value is -1.14. The molecule has 6 heteroatoms. The Morgan fingerprint density at radius 2 is 1.73 bits per heavy atom. The maximum Gasteiger partial charge on any atom is 0.185 e. The van der Waals surface area contributed by atoms with E-state index in [0.29, 0.717) is 11.8 Å². The summed E-state index contributed by atoms with van der Waals surface area (Å²) in [6.07, 6.45) is 10.6. The number of fused-ring (bicyclic) bond motifs is 5. The lowest BCUT2D eigenvalue weighted by Crippen LogP contribution is -2.61. The van der Waals surface area contributed by atoms with Crippen LogP contribution in [0.15, 0.2) is 22.0 Å². The Balaban J connectivity index is 1.73. The van der Waals surface area contributed by atoms with Crippen molar-refractivity contribution in [2.45, 2.75) is 97.9 Å². The molecule has 33 heavy (non-hydrogen) atoms. The van der Waals surface area contributed by atoms with Crippen LogP contribution in [-0.4, -0.2) is 39.6 Å². The van der Waals surface area contributed by atoms with Gasteiger partial charge in [-0.1, -0.05) is 36.7 Å². The van der Waals surface area contributed by atoms with E-state index in [2.05, 4.69) is 63.7 Å². The summed E-state index contributed by atoms with van der Waals surface area (Å²) < 4.78 is 7.14. The molecule has 4 rings (SSSR count). The van der Waals surface area contributed by atoms with E-state index < -0.39 is 8.32 Å². The van der Waals surface area contributed by atoms with Crippen LogP contribution in [0.1, 0.15) is 72.6 Å². The minimum absolute atomic E-state index is 0.106. The topological polar surface area (TPSA) is 52.4 Å². The second kappa shape index (κ2) is 8.51. The Morgan fingerprint density at radius 1 is 1.03 bits per heavy atom. The Labute approximate surface area is 202 Å². The molecule has 0 heterocycles. The molecule has 0 aliphatic heterocycles. The van der Waals surface area contributed by atoms with E-state index in [9.17, 15) is 0 Å². The van der Waals surface area contributed by atoms with Crippen LogP contribution < -0.4 is 0 Å². The van der Waals surface area contributed by atoms with Crippen molar-refractivity contribution in [3.63, 3.8) is 0 Å². The summed E-state index contributed by atoms with van der Waals surface area (Å²) in [4.78, 5) is 10.4. The first-order chi connectivity index (χ1) is 15.4. The van der Waals surface area contributed by atoms with Gasteiger partial charge >= 0.3 is 0 Å². The zero-order chi connectivity index (χ0) is 24.2. The van der Waals surface area contributed by atoms with Gasteiger partial charge in [0.25, 0.3) is 0 Å². The van der Waals surface area contributed by atoms with Gasteiger partial charge in [-0.3, -0.25) is 0 Å². The number of allylic oxidation sites excluding steroid dienone is 2. The average Bonchev–Trinajstić information content (AvgIpc) is 3.01. The Kier molecular flexibility index (Phi) is 6.44. The molecule has 0 aromatic heterocycles. The van der Waals surface area contributed by atoms with Crippen LogP contribution in [0.5, 0.6) is 0 Å². The van der Waals surface area contributed by atoms with Crippen molar-refractivity contribution in [1.82, 2.24) is 0 Å². The Morgan fingerprint density at radius 3 is 2.36 bits per heavy atom. The standard InChI is InChI=1S/C27H46N2O3Si/c1-18-16-21-22(25(3)13-10-20(29-31-6)17-24(18)25)11-14-26(4)23(21)12-15-27(26,19(2)28-30-5)32-33(7,8)9/h17-18,21-23H,10-16H2,1-9H3. The van der Waals surface area contributed by atoms with Crippen LogP contribution in [0.2, 0.25) is 19.6 Å². The molecule has 0 bridgehead atoms. The first-order valence-corrected chi connectivity index (χ1v) is 16.4. The summed E-state index contributed by atoms with van der Waals surface area (Å²) in [5, 5.41) is 8.80. The van der Waals surface area contributed by atoms with Crippen molar-refractivity contribution in [3.05, 3.63) is 11.6 Å². The zero-order valence-corrected chi connectivity index (χ0v) is 23.5. The smallest absolute Gasteiger partial charge is 0.185 e. The molecule has 4 aliphatic rings. The van der Waals surface area contributed by atoms with Crippen LogP contribution in [0.3, 0.4) is 0 Å². The fourth-order valence-corrected chi connectivity index (χ4v) is 10.3. The largest absolute Gasteiger partial charge is 0.406 e. The van der Waals surface area contributed by atoms with E-state index in [1.807, 2.05) is 0 Å². The van der Waals surface area contributed by atoms with Crippen molar-refractivity contribution in [2.24, 2.45) is 44.8 Å². The van der Waals surface area contributed by atoms with E-state index >= 15 is 0 Å². The second-order valence-electron chi connectivity index (χ2n) is 12.7. The van der Waals surface area contributed by atoms with Crippen LogP contribution in [0.4, 0.5) is 0 Å². The van der Waals surface area contributed by atoms with Crippen molar-refractivity contribution < 1.29 is 14.1 Å². The molecule has 0 N–H and O–H groups in total. The molecule has 4 aliphatic carbocycles. The van der Waals surface area contributed by atoms with Crippen molar-refractivity contribution in [1.29, 1.82) is 0 Å². The fraction of sp³-hybridized carbons (Fsp3) is 0.852. The average molecular weight is 475 g/mol. The van der Waals surface area contributed by atoms with Crippen LogP contribution in [-0.2, 0) is 14.1 Å². The monoisotopic (exact) mass is 474 g/mol. The first kappa shape index (κ1) is 25.0. The molecule has 7 unspecified atom stereocenters. The van der Waals surface area contributed by atoms with Crippen LogP contribution in [0, 0.1) is 34.5 Å². The SMILES string of the molecule is CON=C1C=C2C(C)CC3C(CCC4(C)C3CCC4(O[Si](C)(C)C)C(C)=NOC)C2(C)CC1. The van der Waals surface area contributed by atoms with Gasteiger partial charge in [0.05, 0.1) is 11.4 Å². The van der Waals surface area contributed by atoms with Gasteiger partial charge in [-0.2, -0.15) is 0 Å². The highest BCUT2D eigenvalue weighted by molar-refractivity contribution is 6.70. The highest BCUT2D eigenvalue weighted by atomic mass is 28.4.